The molecule has 1 aliphatic heterocycles. The fourth-order valence-corrected chi connectivity index (χ4v) is 3.94. The lowest BCUT2D eigenvalue weighted by Gasteiger charge is -2.33. The van der Waals surface area contributed by atoms with Gasteiger partial charge in [-0.05, 0) is 25.2 Å². The molecule has 0 saturated carbocycles. The van der Waals surface area contributed by atoms with E-state index in [0.717, 1.165) is 0 Å². The van der Waals surface area contributed by atoms with Crippen LogP contribution in [-0.2, 0) is 16.1 Å². The Morgan fingerprint density at radius 1 is 1.09 bits per heavy atom. The van der Waals surface area contributed by atoms with Crippen LogP contribution in [-0.4, -0.2) is 63.9 Å². The molecular weight excluding hydrogens is 455 g/mol. The summed E-state index contributed by atoms with van der Waals surface area (Å²) in [6.45, 7) is -0.161. The molecule has 8 nitrogen and oxygen atoms in total. The van der Waals surface area contributed by atoms with Gasteiger partial charge in [-0.1, -0.05) is 18.2 Å². The fraction of sp³-hybridized carbons (Fsp3) is 0.391. The Morgan fingerprint density at radius 2 is 1.76 bits per heavy atom. The zero-order chi connectivity index (χ0) is 25.0. The maximum Gasteiger partial charge on any atom is 0.409 e. The average Bonchev–Trinajstić information content (AvgIpc) is 2.94. The maximum absolute atomic E-state index is 13.9. The lowest BCUT2D eigenvalue weighted by molar-refractivity contribution is -0.158. The van der Waals surface area contributed by atoms with Crippen LogP contribution in [0, 0.1) is 0 Å². The number of ether oxygens (including phenoxy) is 3. The van der Waals surface area contributed by atoms with Crippen molar-refractivity contribution in [3.63, 3.8) is 0 Å². The highest BCUT2D eigenvalue weighted by Crippen LogP contribution is 2.40. The summed E-state index contributed by atoms with van der Waals surface area (Å²) in [5.41, 5.74) is 0.797. The van der Waals surface area contributed by atoms with Gasteiger partial charge in [-0.15, -0.1) is 0 Å². The van der Waals surface area contributed by atoms with Gasteiger partial charge in [-0.3, -0.25) is 19.4 Å². The molecule has 34 heavy (non-hydrogen) atoms. The number of nitrogens with zero attached hydrogens (tertiary/aromatic N) is 2. The highest BCUT2D eigenvalue weighted by molar-refractivity contribution is 6.05. The van der Waals surface area contributed by atoms with E-state index in [1.54, 1.807) is 30.1 Å². The van der Waals surface area contributed by atoms with Crippen molar-refractivity contribution in [1.82, 2.24) is 4.90 Å². The molecule has 0 spiro atoms. The molecule has 2 aromatic carbocycles. The third-order valence-electron chi connectivity index (χ3n) is 5.41. The van der Waals surface area contributed by atoms with Crippen LogP contribution in [0.4, 0.5) is 24.5 Å². The number of fused-ring (bicyclic) bond motifs is 1. The second kappa shape index (κ2) is 10.2. The molecule has 1 atom stereocenters. The first-order valence-electron chi connectivity index (χ1n) is 10.3. The minimum atomic E-state index is -4.80. The summed E-state index contributed by atoms with van der Waals surface area (Å²) in [5, 5.41) is 2.45. The second-order valence-electron chi connectivity index (χ2n) is 7.76. The molecule has 11 heteroatoms. The van der Waals surface area contributed by atoms with Crippen molar-refractivity contribution in [3.8, 4) is 17.2 Å². The van der Waals surface area contributed by atoms with E-state index in [1.165, 1.54) is 39.5 Å². The predicted molar refractivity (Wildman–Crippen MR) is 119 cm³/mol. The molecule has 0 unspecified atom stereocenters. The average molecular weight is 481 g/mol. The number of carbonyl (C=O) groups is 2. The van der Waals surface area contributed by atoms with E-state index in [-0.39, 0.29) is 24.5 Å². The Morgan fingerprint density at radius 3 is 2.38 bits per heavy atom. The third-order valence-corrected chi connectivity index (χ3v) is 5.41. The van der Waals surface area contributed by atoms with Crippen LogP contribution < -0.4 is 24.4 Å². The van der Waals surface area contributed by atoms with Crippen LogP contribution in [0.2, 0.25) is 0 Å². The van der Waals surface area contributed by atoms with Crippen LogP contribution in [0.1, 0.15) is 12.0 Å². The topological polar surface area (TPSA) is 80.3 Å². The summed E-state index contributed by atoms with van der Waals surface area (Å²) in [6.07, 6.45) is -5.69. The summed E-state index contributed by atoms with van der Waals surface area (Å²) < 4.78 is 57.8. The third kappa shape index (κ3) is 5.19. The minimum Gasteiger partial charge on any atom is -0.493 e. The van der Waals surface area contributed by atoms with Gasteiger partial charge >= 0.3 is 6.18 Å². The largest absolute Gasteiger partial charge is 0.493 e. The van der Waals surface area contributed by atoms with E-state index in [0.29, 0.717) is 27.7 Å². The molecule has 1 N–H and O–H groups in total. The van der Waals surface area contributed by atoms with Crippen LogP contribution in [0.25, 0.3) is 0 Å². The van der Waals surface area contributed by atoms with Crippen molar-refractivity contribution < 1.29 is 37.0 Å². The number of methoxy groups -OCH3 is 3. The van der Waals surface area contributed by atoms with Crippen LogP contribution in [0.3, 0.4) is 0 Å². The van der Waals surface area contributed by atoms with Gasteiger partial charge in [0.2, 0.25) is 17.6 Å². The van der Waals surface area contributed by atoms with Crippen molar-refractivity contribution in [2.75, 3.05) is 45.1 Å². The smallest absolute Gasteiger partial charge is 0.409 e. The predicted octanol–water partition coefficient (Wildman–Crippen LogP) is 3.45. The number of halogens is 3. The number of rotatable bonds is 7. The molecule has 1 heterocycles. The number of likely N-dealkylation sites (N-methyl/N-ethyl adjacent to an activating group) is 1. The fourth-order valence-electron chi connectivity index (χ4n) is 3.94. The lowest BCUT2D eigenvalue weighted by Crippen LogP contribution is -2.52. The monoisotopic (exact) mass is 481 g/mol. The maximum atomic E-state index is 13.9. The van der Waals surface area contributed by atoms with Crippen molar-refractivity contribution in [3.05, 3.63) is 42.0 Å². The van der Waals surface area contributed by atoms with Crippen LogP contribution in [0.5, 0.6) is 17.2 Å². The quantitative estimate of drug-likeness (QED) is 0.653. The van der Waals surface area contributed by atoms with Gasteiger partial charge in [-0.2, -0.15) is 13.2 Å². The Labute approximate surface area is 195 Å². The molecule has 0 aliphatic carbocycles. The summed E-state index contributed by atoms with van der Waals surface area (Å²) >= 11 is 0. The van der Waals surface area contributed by atoms with E-state index in [1.807, 2.05) is 0 Å². The molecule has 184 valence electrons. The Hall–Kier alpha value is -3.47. The standard InChI is InChI=1S/C23H26F3N3O5/c1-28(12-14-9-10-17(32-2)22(34-4)21(14)33-3)13-20(31)29-16-8-6-5-7-15(16)27-19(30)11-18(29)23(24,25)26/h5-10,18H,11-13H2,1-4H3,(H,27,30)/t18-/m0/s1. The SMILES string of the molecule is COc1ccc(CN(C)CC(=O)N2c3ccccc3NC(=O)C[C@H]2C(F)(F)F)c(OC)c1OC. The van der Waals surface area contributed by atoms with E-state index in [2.05, 4.69) is 5.32 Å². The van der Waals surface area contributed by atoms with Gasteiger partial charge < -0.3 is 19.5 Å². The lowest BCUT2D eigenvalue weighted by atomic mass is 10.1. The molecule has 3 rings (SSSR count). The molecule has 0 radical (unpaired) electrons. The molecule has 0 saturated heterocycles. The molecule has 0 fully saturated rings. The van der Waals surface area contributed by atoms with Gasteiger partial charge in [0.05, 0.1) is 45.7 Å². The number of para-hydroxylation sites is 2. The summed E-state index contributed by atoms with van der Waals surface area (Å²) in [4.78, 5) is 27.6. The highest BCUT2D eigenvalue weighted by atomic mass is 19.4. The van der Waals surface area contributed by atoms with Gasteiger partial charge in [-0.25, -0.2) is 0 Å². The van der Waals surface area contributed by atoms with Crippen molar-refractivity contribution in [2.24, 2.45) is 0 Å². The summed E-state index contributed by atoms with van der Waals surface area (Å²) in [6, 6.07) is 7.05. The Balaban J connectivity index is 1.89. The number of hydrogen-bond donors (Lipinski definition) is 1. The number of alkyl halides is 3. The Kier molecular flexibility index (Phi) is 7.55. The molecule has 1 aliphatic rings. The first-order valence-corrected chi connectivity index (χ1v) is 10.3. The van der Waals surface area contributed by atoms with E-state index in [9.17, 15) is 22.8 Å². The zero-order valence-corrected chi connectivity index (χ0v) is 19.2. The summed E-state index contributed by atoms with van der Waals surface area (Å²) in [5.74, 6) is -0.399. The minimum absolute atomic E-state index is 0.00206. The van der Waals surface area contributed by atoms with Crippen LogP contribution in [0.15, 0.2) is 36.4 Å². The number of hydrogen-bond acceptors (Lipinski definition) is 6. The molecule has 0 aromatic heterocycles. The van der Waals surface area contributed by atoms with Crippen molar-refractivity contribution >= 4 is 23.2 Å². The van der Waals surface area contributed by atoms with Gasteiger partial charge in [0, 0.05) is 12.1 Å². The first-order chi connectivity index (χ1) is 16.1. The van der Waals surface area contributed by atoms with E-state index in [4.69, 9.17) is 14.2 Å². The zero-order valence-electron chi connectivity index (χ0n) is 19.2. The number of carbonyl (C=O) groups excluding carboxylic acids is 2. The molecule has 2 amide bonds. The van der Waals surface area contributed by atoms with Crippen molar-refractivity contribution in [1.29, 1.82) is 0 Å². The molecule has 0 bridgehead atoms. The first kappa shape index (κ1) is 25.2. The number of anilines is 2. The highest BCUT2D eigenvalue weighted by Gasteiger charge is 2.49. The summed E-state index contributed by atoms with van der Waals surface area (Å²) in [7, 11) is 6.00. The van der Waals surface area contributed by atoms with Gasteiger partial charge in [0.25, 0.3) is 0 Å². The molecular formula is C23H26F3N3O5. The molecule has 2 aromatic rings. The van der Waals surface area contributed by atoms with Gasteiger partial charge in [0.1, 0.15) is 6.04 Å². The van der Waals surface area contributed by atoms with Crippen LogP contribution >= 0.6 is 0 Å². The second-order valence-corrected chi connectivity index (χ2v) is 7.76. The van der Waals surface area contributed by atoms with E-state index < -0.39 is 30.5 Å². The normalized spacial score (nSPS) is 15.9. The van der Waals surface area contributed by atoms with E-state index >= 15 is 0 Å². The number of nitrogens with one attached hydrogen (secondary N) is 1. The van der Waals surface area contributed by atoms with Crippen molar-refractivity contribution in [2.45, 2.75) is 25.2 Å². The van der Waals surface area contributed by atoms with Gasteiger partial charge in [0.15, 0.2) is 11.5 Å². The number of benzene rings is 2. The Bertz CT molecular complexity index is 1060. The number of amides is 2.